The number of hydrogen-bond acceptors (Lipinski definition) is 2. The topological polar surface area (TPSA) is 16.3 Å². The second-order valence-electron chi connectivity index (χ2n) is 23.7. The van der Waals surface area contributed by atoms with Crippen LogP contribution in [-0.4, -0.2) is 15.8 Å². The van der Waals surface area contributed by atoms with Crippen LogP contribution < -0.4 is 26.2 Å². The highest BCUT2D eigenvalue weighted by molar-refractivity contribution is 7.00. The Labute approximate surface area is 424 Å². The van der Waals surface area contributed by atoms with Crippen LogP contribution in [0.3, 0.4) is 0 Å². The van der Waals surface area contributed by atoms with E-state index in [1.807, 2.05) is 0 Å². The predicted octanol–water partition coefficient (Wildman–Crippen LogP) is 16.1. The molecule has 13 rings (SSSR count). The molecule has 0 spiro atoms. The van der Waals surface area contributed by atoms with E-state index in [2.05, 4.69) is 275 Å². The van der Waals surface area contributed by atoms with Gasteiger partial charge in [0.15, 0.2) is 0 Å². The van der Waals surface area contributed by atoms with Crippen LogP contribution in [0.4, 0.5) is 34.1 Å². The fourth-order valence-electron chi connectivity index (χ4n) is 12.2. The van der Waals surface area contributed by atoms with Crippen LogP contribution in [0.15, 0.2) is 194 Å². The average Bonchev–Trinajstić information content (AvgIpc) is 3.88. The zero-order valence-electron chi connectivity index (χ0n) is 43.0. The summed E-state index contributed by atoms with van der Waals surface area (Å²) in [6.45, 7) is 20.9. The normalized spacial score (nSPS) is 13.6. The molecule has 0 atom stereocenters. The summed E-state index contributed by atoms with van der Waals surface area (Å²) in [7, 11) is 0. The number of anilines is 6. The van der Waals surface area contributed by atoms with Gasteiger partial charge < -0.3 is 18.9 Å². The van der Waals surface area contributed by atoms with Gasteiger partial charge in [-0.2, -0.15) is 0 Å². The Kier molecular flexibility index (Phi) is 9.75. The second-order valence-corrected chi connectivity index (χ2v) is 23.7. The van der Waals surface area contributed by atoms with Crippen molar-refractivity contribution in [2.75, 3.05) is 9.80 Å². The maximum atomic E-state index is 2.60. The third-order valence-corrected chi connectivity index (χ3v) is 15.5. The lowest BCUT2D eigenvalue weighted by Crippen LogP contribution is -2.61. The molecule has 0 N–H and O–H groups in total. The van der Waals surface area contributed by atoms with E-state index in [-0.39, 0.29) is 23.0 Å². The molecule has 0 bridgehead atoms. The van der Waals surface area contributed by atoms with E-state index < -0.39 is 0 Å². The van der Waals surface area contributed by atoms with Crippen molar-refractivity contribution in [1.29, 1.82) is 0 Å². The second kappa shape index (κ2) is 15.9. The van der Waals surface area contributed by atoms with Gasteiger partial charge >= 0.3 is 0 Å². The Balaban J connectivity index is 1.13. The van der Waals surface area contributed by atoms with Crippen molar-refractivity contribution in [3.63, 3.8) is 0 Å². The molecule has 2 aromatic heterocycles. The highest BCUT2D eigenvalue weighted by Gasteiger charge is 2.44. The summed E-state index contributed by atoms with van der Waals surface area (Å²) in [5.41, 5.74) is 22.3. The summed E-state index contributed by atoms with van der Waals surface area (Å²) < 4.78 is 4.94. The molecule has 0 radical (unpaired) electrons. The minimum absolute atomic E-state index is 0.0176. The molecule has 0 amide bonds. The Hall–Kier alpha value is -7.76. The Morgan fingerprint density at radius 1 is 0.347 bits per heavy atom. The molecular formula is C67H61BN4. The molecule has 11 aromatic rings. The molecule has 72 heavy (non-hydrogen) atoms. The molecule has 0 saturated carbocycles. The van der Waals surface area contributed by atoms with Gasteiger partial charge in [0.2, 0.25) is 0 Å². The molecule has 2 aliphatic rings. The van der Waals surface area contributed by atoms with Gasteiger partial charge in [0.25, 0.3) is 6.71 Å². The molecule has 2 aliphatic heterocycles. The van der Waals surface area contributed by atoms with Gasteiger partial charge in [-0.3, -0.25) is 0 Å². The number of hydrogen-bond donors (Lipinski definition) is 0. The molecule has 0 unspecified atom stereocenters. The fourth-order valence-corrected chi connectivity index (χ4v) is 12.2. The third-order valence-electron chi connectivity index (χ3n) is 15.5. The maximum Gasteiger partial charge on any atom is 0.252 e. The molecule has 5 heteroatoms. The molecule has 4 nitrogen and oxygen atoms in total. The smallest absolute Gasteiger partial charge is 0.252 e. The van der Waals surface area contributed by atoms with Crippen LogP contribution in [-0.2, 0) is 17.3 Å². The Bertz CT molecular complexity index is 3610. The SMILES string of the molecule is CC(C)(C)Cc1cc2c3c(c1)N(c1ccc(C(C)(C)C)cc1)c1cc(-n4c5ccccc5c5ccccc54)ccc1B3c1ccc(-n3c4ccccc4c4ccccc43)cc1N2c1ccc(C(C)(C)C)cc1. The number of nitrogens with zero attached hydrogens (tertiary/aromatic N) is 4. The van der Waals surface area contributed by atoms with Gasteiger partial charge in [0.1, 0.15) is 0 Å². The van der Waals surface area contributed by atoms with Crippen molar-refractivity contribution >= 4 is 101 Å². The molecule has 352 valence electrons. The van der Waals surface area contributed by atoms with E-state index in [9.17, 15) is 0 Å². The van der Waals surface area contributed by atoms with E-state index in [0.29, 0.717) is 0 Å². The van der Waals surface area contributed by atoms with Gasteiger partial charge in [-0.05, 0) is 141 Å². The van der Waals surface area contributed by atoms with Crippen LogP contribution in [0.1, 0.15) is 79.0 Å². The third kappa shape index (κ3) is 6.95. The Morgan fingerprint density at radius 3 is 1.01 bits per heavy atom. The van der Waals surface area contributed by atoms with Crippen molar-refractivity contribution in [3.05, 3.63) is 211 Å². The van der Waals surface area contributed by atoms with E-state index >= 15 is 0 Å². The number of aromatic nitrogens is 2. The first-order chi connectivity index (χ1) is 34.6. The number of para-hydroxylation sites is 4. The van der Waals surface area contributed by atoms with Crippen molar-refractivity contribution in [1.82, 2.24) is 9.13 Å². The van der Waals surface area contributed by atoms with Crippen molar-refractivity contribution in [2.45, 2.75) is 79.6 Å². The minimum atomic E-state index is -0.0433. The monoisotopic (exact) mass is 932 g/mol. The zero-order chi connectivity index (χ0) is 49.4. The summed E-state index contributed by atoms with van der Waals surface area (Å²) in [6, 6.07) is 73.9. The predicted molar refractivity (Wildman–Crippen MR) is 310 cm³/mol. The van der Waals surface area contributed by atoms with E-state index in [1.165, 1.54) is 99.4 Å². The van der Waals surface area contributed by atoms with Crippen LogP contribution in [0, 0.1) is 5.41 Å². The molecule has 4 heterocycles. The van der Waals surface area contributed by atoms with Crippen LogP contribution in [0.5, 0.6) is 0 Å². The summed E-state index contributed by atoms with van der Waals surface area (Å²) in [5, 5.41) is 5.05. The molecule has 0 fully saturated rings. The lowest BCUT2D eigenvalue weighted by molar-refractivity contribution is 0.411. The molecule has 0 aliphatic carbocycles. The van der Waals surface area contributed by atoms with Crippen molar-refractivity contribution in [3.8, 4) is 11.4 Å². The van der Waals surface area contributed by atoms with Gasteiger partial charge in [-0.1, -0.05) is 172 Å². The summed E-state index contributed by atoms with van der Waals surface area (Å²) in [5.74, 6) is 0. The average molecular weight is 933 g/mol. The highest BCUT2D eigenvalue weighted by atomic mass is 15.2. The molecule has 0 saturated heterocycles. The van der Waals surface area contributed by atoms with Crippen LogP contribution >= 0.6 is 0 Å². The van der Waals surface area contributed by atoms with Gasteiger partial charge in [-0.25, -0.2) is 0 Å². The minimum Gasteiger partial charge on any atom is -0.311 e. The lowest BCUT2D eigenvalue weighted by atomic mass is 9.33. The van der Waals surface area contributed by atoms with E-state index in [1.54, 1.807) is 0 Å². The lowest BCUT2D eigenvalue weighted by Gasteiger charge is -2.45. The number of rotatable bonds is 5. The zero-order valence-corrected chi connectivity index (χ0v) is 43.0. The summed E-state index contributed by atoms with van der Waals surface area (Å²) in [4.78, 5) is 5.19. The van der Waals surface area contributed by atoms with Crippen molar-refractivity contribution < 1.29 is 0 Å². The summed E-state index contributed by atoms with van der Waals surface area (Å²) in [6.07, 6.45) is 0.925. The summed E-state index contributed by atoms with van der Waals surface area (Å²) >= 11 is 0. The highest BCUT2D eigenvalue weighted by Crippen LogP contribution is 2.47. The Morgan fingerprint density at radius 2 is 0.681 bits per heavy atom. The van der Waals surface area contributed by atoms with Gasteiger partial charge in [0.05, 0.1) is 22.1 Å². The van der Waals surface area contributed by atoms with Gasteiger partial charge in [-0.15, -0.1) is 0 Å². The van der Waals surface area contributed by atoms with Crippen LogP contribution in [0.2, 0.25) is 0 Å². The van der Waals surface area contributed by atoms with Crippen LogP contribution in [0.25, 0.3) is 55.0 Å². The number of fused-ring (bicyclic) bond motifs is 10. The molecule has 9 aromatic carbocycles. The fraction of sp³-hybridized carbons (Fsp3) is 0.194. The molecular weight excluding hydrogens is 872 g/mol. The van der Waals surface area contributed by atoms with Crippen molar-refractivity contribution in [2.24, 2.45) is 5.41 Å². The first-order valence-corrected chi connectivity index (χ1v) is 25.8. The number of benzene rings is 9. The largest absolute Gasteiger partial charge is 0.311 e. The first-order valence-electron chi connectivity index (χ1n) is 25.8. The van der Waals surface area contributed by atoms with Gasteiger partial charge in [0, 0.05) is 67.0 Å². The van der Waals surface area contributed by atoms with E-state index in [4.69, 9.17) is 0 Å². The maximum absolute atomic E-state index is 2.60. The van der Waals surface area contributed by atoms with E-state index in [0.717, 1.165) is 29.2 Å². The first kappa shape index (κ1) is 44.2. The standard InChI is InChI=1S/C67H61BN4/c1-65(2,3)42-43-38-62-64-63(39-43)70(47-32-28-45(29-33-47)67(7,8)9)61-41-49(72-58-24-16-12-20-52(58)53-21-13-17-25-59(53)72)35-37-55(61)68(64)54-36-34-48(40-60(54)69(62)46-30-26-44(27-31-46)66(4,5)6)71-56-22-14-10-18-50(56)51-19-11-15-23-57(51)71/h10-41H,42H2,1-9H3. The quantitative estimate of drug-likeness (QED) is 0.160.